The molecule has 0 unspecified atom stereocenters. The zero-order valence-corrected chi connectivity index (χ0v) is 17.3. The molecule has 0 fully saturated rings. The number of benzene rings is 2. The number of aliphatic hydroxyl groups excluding tert-OH is 1. The molecule has 29 heavy (non-hydrogen) atoms. The lowest BCUT2D eigenvalue weighted by Gasteiger charge is -2.18. The number of aliphatic hydroxyl groups is 1. The number of nitrogens with one attached hydrogen (secondary N) is 2. The Morgan fingerprint density at radius 1 is 1.07 bits per heavy atom. The maximum absolute atomic E-state index is 12.9. The SMILES string of the molecule is Cl.N[C@@H](Cc1ccccc1)[C@@H](O)C(=O)NCCCNS(=O)(=O)c1ccc(F)cc1. The molecule has 2 aromatic rings. The van der Waals surface area contributed by atoms with Gasteiger partial charge in [0.05, 0.1) is 4.90 Å². The van der Waals surface area contributed by atoms with Crippen molar-refractivity contribution in [3.05, 3.63) is 66.0 Å². The van der Waals surface area contributed by atoms with Gasteiger partial charge in [0.25, 0.3) is 0 Å². The van der Waals surface area contributed by atoms with Gasteiger partial charge in [-0.15, -0.1) is 12.4 Å². The van der Waals surface area contributed by atoms with Crippen LogP contribution in [0.3, 0.4) is 0 Å². The van der Waals surface area contributed by atoms with Crippen LogP contribution in [-0.2, 0) is 21.2 Å². The molecule has 2 atom stereocenters. The molecule has 0 bridgehead atoms. The van der Waals surface area contributed by atoms with Crippen molar-refractivity contribution in [1.82, 2.24) is 10.0 Å². The van der Waals surface area contributed by atoms with E-state index in [1.165, 1.54) is 12.1 Å². The molecule has 160 valence electrons. The molecule has 0 aliphatic heterocycles. The van der Waals surface area contributed by atoms with E-state index < -0.39 is 33.9 Å². The van der Waals surface area contributed by atoms with Crippen molar-refractivity contribution in [1.29, 1.82) is 0 Å². The highest BCUT2D eigenvalue weighted by molar-refractivity contribution is 7.89. The summed E-state index contributed by atoms with van der Waals surface area (Å²) in [6, 6.07) is 13.0. The smallest absolute Gasteiger partial charge is 0.250 e. The zero-order chi connectivity index (χ0) is 20.6. The highest BCUT2D eigenvalue weighted by atomic mass is 35.5. The van der Waals surface area contributed by atoms with Crippen LogP contribution < -0.4 is 15.8 Å². The van der Waals surface area contributed by atoms with E-state index in [0.717, 1.165) is 17.7 Å². The van der Waals surface area contributed by atoms with Crippen LogP contribution >= 0.6 is 12.4 Å². The molecule has 2 aromatic carbocycles. The summed E-state index contributed by atoms with van der Waals surface area (Å²) in [4.78, 5) is 11.9. The molecule has 5 N–H and O–H groups in total. The number of halogens is 2. The Balaban J connectivity index is 0.00000420. The summed E-state index contributed by atoms with van der Waals surface area (Å²) >= 11 is 0. The first-order valence-electron chi connectivity index (χ1n) is 8.80. The summed E-state index contributed by atoms with van der Waals surface area (Å²) in [5, 5.41) is 12.6. The molecule has 1 amide bonds. The Bertz CT molecular complexity index is 867. The van der Waals surface area contributed by atoms with Crippen LogP contribution in [0.5, 0.6) is 0 Å². The number of carbonyl (C=O) groups is 1. The van der Waals surface area contributed by atoms with Gasteiger partial charge in [0, 0.05) is 19.1 Å². The minimum atomic E-state index is -3.74. The van der Waals surface area contributed by atoms with Crippen LogP contribution in [0.1, 0.15) is 12.0 Å². The predicted octanol–water partition coefficient (Wildman–Crippen LogP) is 0.963. The fourth-order valence-electron chi connectivity index (χ4n) is 2.50. The second kappa shape index (κ2) is 11.8. The van der Waals surface area contributed by atoms with Crippen LogP contribution in [0.25, 0.3) is 0 Å². The first-order valence-corrected chi connectivity index (χ1v) is 10.3. The van der Waals surface area contributed by atoms with Crippen molar-refractivity contribution in [3.8, 4) is 0 Å². The second-order valence-corrected chi connectivity index (χ2v) is 8.06. The quantitative estimate of drug-likeness (QED) is 0.406. The van der Waals surface area contributed by atoms with E-state index in [-0.39, 0.29) is 30.4 Å². The van der Waals surface area contributed by atoms with Crippen molar-refractivity contribution >= 4 is 28.3 Å². The summed E-state index contributed by atoms with van der Waals surface area (Å²) in [5.74, 6) is -1.13. The van der Waals surface area contributed by atoms with Crippen molar-refractivity contribution in [2.75, 3.05) is 13.1 Å². The molecule has 2 rings (SSSR count). The second-order valence-electron chi connectivity index (χ2n) is 6.29. The Hall–Kier alpha value is -2.04. The van der Waals surface area contributed by atoms with Crippen LogP contribution in [0.2, 0.25) is 0 Å². The van der Waals surface area contributed by atoms with E-state index >= 15 is 0 Å². The average Bonchev–Trinajstić information content (AvgIpc) is 2.68. The van der Waals surface area contributed by atoms with Crippen LogP contribution in [-0.4, -0.2) is 44.7 Å². The molecule has 0 aromatic heterocycles. The van der Waals surface area contributed by atoms with Crippen molar-refractivity contribution in [3.63, 3.8) is 0 Å². The molecular formula is C19H25ClFN3O4S. The molecule has 0 radical (unpaired) electrons. The number of hydrogen-bond acceptors (Lipinski definition) is 5. The Morgan fingerprint density at radius 3 is 2.31 bits per heavy atom. The Morgan fingerprint density at radius 2 is 1.69 bits per heavy atom. The van der Waals surface area contributed by atoms with Gasteiger partial charge in [0.2, 0.25) is 15.9 Å². The van der Waals surface area contributed by atoms with E-state index in [1.807, 2.05) is 30.3 Å². The van der Waals surface area contributed by atoms with Crippen LogP contribution in [0.15, 0.2) is 59.5 Å². The average molecular weight is 446 g/mol. The van der Waals surface area contributed by atoms with E-state index in [4.69, 9.17) is 5.73 Å². The third kappa shape index (κ3) is 8.08. The van der Waals surface area contributed by atoms with Crippen LogP contribution in [0.4, 0.5) is 4.39 Å². The number of sulfonamides is 1. The van der Waals surface area contributed by atoms with Crippen molar-refractivity contribution in [2.45, 2.75) is 29.9 Å². The minimum Gasteiger partial charge on any atom is -0.382 e. The van der Waals surface area contributed by atoms with Gasteiger partial charge in [-0.1, -0.05) is 30.3 Å². The van der Waals surface area contributed by atoms with E-state index in [1.54, 1.807) is 0 Å². The molecule has 0 saturated heterocycles. The lowest BCUT2D eigenvalue weighted by atomic mass is 10.0. The fourth-order valence-corrected chi connectivity index (χ4v) is 3.57. The van der Waals surface area contributed by atoms with Crippen LogP contribution in [0, 0.1) is 5.82 Å². The third-order valence-electron chi connectivity index (χ3n) is 4.06. The predicted molar refractivity (Wildman–Crippen MR) is 111 cm³/mol. The van der Waals surface area contributed by atoms with E-state index in [9.17, 15) is 22.7 Å². The minimum absolute atomic E-state index is 0. The van der Waals surface area contributed by atoms with Gasteiger partial charge in [0.15, 0.2) is 0 Å². The largest absolute Gasteiger partial charge is 0.382 e. The van der Waals surface area contributed by atoms with Gasteiger partial charge >= 0.3 is 0 Å². The van der Waals surface area contributed by atoms with E-state index in [0.29, 0.717) is 12.8 Å². The van der Waals surface area contributed by atoms with Gasteiger partial charge in [-0.25, -0.2) is 17.5 Å². The fraction of sp³-hybridized carbons (Fsp3) is 0.316. The monoisotopic (exact) mass is 445 g/mol. The topological polar surface area (TPSA) is 122 Å². The van der Waals surface area contributed by atoms with Gasteiger partial charge in [-0.3, -0.25) is 4.79 Å². The molecule has 0 saturated carbocycles. The van der Waals surface area contributed by atoms with Gasteiger partial charge in [-0.05, 0) is 42.7 Å². The summed E-state index contributed by atoms with van der Waals surface area (Å²) in [7, 11) is -3.74. The van der Waals surface area contributed by atoms with Gasteiger partial charge in [-0.2, -0.15) is 0 Å². The number of carbonyl (C=O) groups excluding carboxylic acids is 1. The maximum atomic E-state index is 12.9. The number of nitrogens with two attached hydrogens (primary N) is 1. The zero-order valence-electron chi connectivity index (χ0n) is 15.6. The first-order chi connectivity index (χ1) is 13.3. The highest BCUT2D eigenvalue weighted by Gasteiger charge is 2.22. The number of rotatable bonds is 10. The first kappa shape index (κ1) is 25.0. The number of amides is 1. The molecule has 10 heteroatoms. The number of hydrogen-bond donors (Lipinski definition) is 4. The van der Waals surface area contributed by atoms with Gasteiger partial charge < -0.3 is 16.2 Å². The molecular weight excluding hydrogens is 421 g/mol. The summed E-state index contributed by atoms with van der Waals surface area (Å²) in [6.45, 7) is 0.242. The van der Waals surface area contributed by atoms with Crippen molar-refractivity contribution < 1.29 is 22.7 Å². The molecule has 0 aliphatic rings. The van der Waals surface area contributed by atoms with E-state index in [2.05, 4.69) is 10.0 Å². The van der Waals surface area contributed by atoms with Crippen molar-refractivity contribution in [2.24, 2.45) is 5.73 Å². The normalized spacial score (nSPS) is 13.2. The standard InChI is InChI=1S/C19H24FN3O4S.ClH/c20-15-7-9-16(10-8-15)28(26,27)23-12-4-11-22-19(25)18(24)17(21)13-14-5-2-1-3-6-14;/h1-3,5-10,17-18,23-24H,4,11-13,21H2,(H,22,25);1H/t17-,18+;/m0./s1. The Kier molecular flexibility index (Phi) is 10.2. The third-order valence-corrected chi connectivity index (χ3v) is 5.53. The summed E-state index contributed by atoms with van der Waals surface area (Å²) < 4.78 is 39.3. The lowest BCUT2D eigenvalue weighted by molar-refractivity contribution is -0.130. The highest BCUT2D eigenvalue weighted by Crippen LogP contribution is 2.09. The summed E-state index contributed by atoms with van der Waals surface area (Å²) in [5.41, 5.74) is 6.80. The molecule has 7 nitrogen and oxygen atoms in total. The lowest BCUT2D eigenvalue weighted by Crippen LogP contribution is -2.47. The molecule has 0 spiro atoms. The molecule has 0 aliphatic carbocycles. The Labute approximate surface area is 176 Å². The summed E-state index contributed by atoms with van der Waals surface area (Å²) in [6.07, 6.45) is -0.698. The molecule has 0 heterocycles. The van der Waals surface area contributed by atoms with Gasteiger partial charge in [0.1, 0.15) is 11.9 Å². The maximum Gasteiger partial charge on any atom is 0.250 e.